The van der Waals surface area contributed by atoms with E-state index in [4.69, 9.17) is 0 Å². The third kappa shape index (κ3) is 3.94. The van der Waals surface area contributed by atoms with Crippen LogP contribution in [0.25, 0.3) is 0 Å². The Morgan fingerprint density at radius 3 is 2.42 bits per heavy atom. The number of H-pyrrole nitrogens is 1. The Labute approximate surface area is 149 Å². The van der Waals surface area contributed by atoms with E-state index < -0.39 is 0 Å². The van der Waals surface area contributed by atoms with Crippen molar-refractivity contribution in [2.75, 3.05) is 6.26 Å². The van der Waals surface area contributed by atoms with Gasteiger partial charge in [-0.05, 0) is 48.8 Å². The van der Waals surface area contributed by atoms with Crippen molar-refractivity contribution >= 4 is 11.8 Å². The minimum Gasteiger partial charge on any atom is -0.325 e. The summed E-state index contributed by atoms with van der Waals surface area (Å²) in [5, 5.41) is 0. The van der Waals surface area contributed by atoms with Crippen molar-refractivity contribution < 1.29 is 0 Å². The van der Waals surface area contributed by atoms with Gasteiger partial charge < -0.3 is 4.98 Å². The minimum absolute atomic E-state index is 0.0761. The lowest BCUT2D eigenvalue weighted by molar-refractivity contribution is 0.468. The average Bonchev–Trinajstić information content (AvgIpc) is 3.13. The SMILES string of the molecule is CCc1ccc(C(CC2CCCC2)c2ccc(SC)cc2)[nH]c1=O. The topological polar surface area (TPSA) is 32.9 Å². The van der Waals surface area contributed by atoms with Crippen LogP contribution in [0, 0.1) is 5.92 Å². The van der Waals surface area contributed by atoms with Crippen LogP contribution in [0.5, 0.6) is 0 Å². The van der Waals surface area contributed by atoms with Gasteiger partial charge in [-0.3, -0.25) is 4.79 Å². The van der Waals surface area contributed by atoms with E-state index in [1.54, 1.807) is 11.8 Å². The molecule has 1 aliphatic carbocycles. The molecule has 1 aromatic carbocycles. The van der Waals surface area contributed by atoms with E-state index in [-0.39, 0.29) is 5.56 Å². The zero-order valence-corrected chi connectivity index (χ0v) is 15.5. The predicted molar refractivity (Wildman–Crippen MR) is 103 cm³/mol. The summed E-state index contributed by atoms with van der Waals surface area (Å²) < 4.78 is 0. The Hall–Kier alpha value is -1.48. The number of thioether (sulfide) groups is 1. The molecule has 3 rings (SSSR count). The predicted octanol–water partition coefficient (Wildman–Crippen LogP) is 5.37. The summed E-state index contributed by atoms with van der Waals surface area (Å²) in [6.07, 6.45) is 9.40. The second-order valence-corrected chi connectivity index (χ2v) is 7.71. The van der Waals surface area contributed by atoms with Crippen LogP contribution in [0.1, 0.15) is 61.8 Å². The Kier molecular flexibility index (Phi) is 5.83. The number of aryl methyl sites for hydroxylation is 1. The van der Waals surface area contributed by atoms with Gasteiger partial charge in [-0.2, -0.15) is 0 Å². The zero-order chi connectivity index (χ0) is 16.9. The van der Waals surface area contributed by atoms with E-state index in [1.165, 1.54) is 36.1 Å². The van der Waals surface area contributed by atoms with E-state index >= 15 is 0 Å². The zero-order valence-electron chi connectivity index (χ0n) is 14.7. The van der Waals surface area contributed by atoms with Gasteiger partial charge in [0.1, 0.15) is 0 Å². The summed E-state index contributed by atoms with van der Waals surface area (Å²) in [5.41, 5.74) is 3.34. The third-order valence-corrected chi connectivity index (χ3v) is 6.08. The fraction of sp³-hybridized carbons (Fsp3) is 0.476. The van der Waals surface area contributed by atoms with E-state index in [0.29, 0.717) is 5.92 Å². The lowest BCUT2D eigenvalue weighted by Gasteiger charge is -2.22. The fourth-order valence-corrected chi connectivity index (χ4v) is 4.27. The number of pyridine rings is 1. The lowest BCUT2D eigenvalue weighted by atomic mass is 9.85. The molecule has 0 aliphatic heterocycles. The van der Waals surface area contributed by atoms with Gasteiger partial charge in [-0.1, -0.05) is 50.8 Å². The van der Waals surface area contributed by atoms with Crippen molar-refractivity contribution in [2.24, 2.45) is 5.92 Å². The summed E-state index contributed by atoms with van der Waals surface area (Å²) in [7, 11) is 0. The number of benzene rings is 1. The highest BCUT2D eigenvalue weighted by Crippen LogP contribution is 2.37. The van der Waals surface area contributed by atoms with Crippen molar-refractivity contribution in [3.8, 4) is 0 Å². The van der Waals surface area contributed by atoms with Crippen LogP contribution < -0.4 is 5.56 Å². The van der Waals surface area contributed by atoms with Crippen LogP contribution >= 0.6 is 11.8 Å². The highest BCUT2D eigenvalue weighted by Gasteiger charge is 2.23. The number of rotatable bonds is 6. The van der Waals surface area contributed by atoms with Gasteiger partial charge in [0.25, 0.3) is 5.56 Å². The molecule has 1 N–H and O–H groups in total. The third-order valence-electron chi connectivity index (χ3n) is 5.33. The first-order chi connectivity index (χ1) is 11.7. The molecule has 128 valence electrons. The number of hydrogen-bond acceptors (Lipinski definition) is 2. The van der Waals surface area contributed by atoms with Gasteiger partial charge in [0, 0.05) is 22.1 Å². The maximum atomic E-state index is 12.3. The molecular weight excluding hydrogens is 314 g/mol. The number of aromatic nitrogens is 1. The second-order valence-electron chi connectivity index (χ2n) is 6.83. The molecule has 1 fully saturated rings. The highest BCUT2D eigenvalue weighted by molar-refractivity contribution is 7.98. The van der Waals surface area contributed by atoms with Gasteiger partial charge in [0.2, 0.25) is 0 Å². The molecule has 1 aromatic heterocycles. The van der Waals surface area contributed by atoms with Crippen molar-refractivity contribution in [1.82, 2.24) is 4.98 Å². The van der Waals surface area contributed by atoms with Crippen molar-refractivity contribution in [3.05, 3.63) is 63.6 Å². The monoisotopic (exact) mass is 341 g/mol. The minimum atomic E-state index is 0.0761. The summed E-state index contributed by atoms with van der Waals surface area (Å²) in [4.78, 5) is 16.7. The molecule has 0 saturated heterocycles. The maximum Gasteiger partial charge on any atom is 0.251 e. The first-order valence-corrected chi connectivity index (χ1v) is 10.3. The Morgan fingerprint density at radius 2 is 1.83 bits per heavy atom. The standard InChI is InChI=1S/C21H27NOS/c1-3-16-10-13-20(22-21(16)23)19(14-15-6-4-5-7-15)17-8-11-18(24-2)12-9-17/h8-13,15,19H,3-7,14H2,1-2H3,(H,22,23). The average molecular weight is 342 g/mol. The molecule has 0 bridgehead atoms. The Bertz CT molecular complexity index is 713. The molecule has 0 spiro atoms. The van der Waals surface area contributed by atoms with Crippen LogP contribution in [-0.2, 0) is 6.42 Å². The maximum absolute atomic E-state index is 12.3. The van der Waals surface area contributed by atoms with Crippen LogP contribution in [-0.4, -0.2) is 11.2 Å². The van der Waals surface area contributed by atoms with Gasteiger partial charge in [-0.25, -0.2) is 0 Å². The van der Waals surface area contributed by atoms with Crippen LogP contribution in [0.3, 0.4) is 0 Å². The van der Waals surface area contributed by atoms with Crippen LogP contribution in [0.15, 0.2) is 46.1 Å². The smallest absolute Gasteiger partial charge is 0.251 e. The van der Waals surface area contributed by atoms with Gasteiger partial charge in [0.05, 0.1) is 0 Å². The molecule has 2 nitrogen and oxygen atoms in total. The molecule has 1 unspecified atom stereocenters. The van der Waals surface area contributed by atoms with Crippen LogP contribution in [0.4, 0.5) is 0 Å². The highest BCUT2D eigenvalue weighted by atomic mass is 32.2. The summed E-state index contributed by atoms with van der Waals surface area (Å²) in [6, 6.07) is 13.0. The normalized spacial score (nSPS) is 16.4. The van der Waals surface area contributed by atoms with Gasteiger partial charge in [0.15, 0.2) is 0 Å². The first kappa shape index (κ1) is 17.3. The molecule has 1 saturated carbocycles. The van der Waals surface area contributed by atoms with Crippen molar-refractivity contribution in [1.29, 1.82) is 0 Å². The number of aromatic amines is 1. The van der Waals surface area contributed by atoms with Crippen molar-refractivity contribution in [3.63, 3.8) is 0 Å². The fourth-order valence-electron chi connectivity index (χ4n) is 3.86. The lowest BCUT2D eigenvalue weighted by Crippen LogP contribution is -2.17. The summed E-state index contributed by atoms with van der Waals surface area (Å²) in [5.74, 6) is 1.08. The molecule has 0 radical (unpaired) electrons. The van der Waals surface area contributed by atoms with Gasteiger partial charge in [-0.15, -0.1) is 11.8 Å². The van der Waals surface area contributed by atoms with E-state index in [1.807, 2.05) is 13.0 Å². The molecule has 1 aliphatic rings. The number of nitrogens with one attached hydrogen (secondary N) is 1. The molecule has 3 heteroatoms. The Balaban J connectivity index is 1.93. The van der Waals surface area contributed by atoms with Crippen LogP contribution in [0.2, 0.25) is 0 Å². The molecule has 2 aromatic rings. The van der Waals surface area contributed by atoms with Gasteiger partial charge >= 0.3 is 0 Å². The Morgan fingerprint density at radius 1 is 1.12 bits per heavy atom. The molecular formula is C21H27NOS. The first-order valence-electron chi connectivity index (χ1n) is 9.07. The molecule has 24 heavy (non-hydrogen) atoms. The quantitative estimate of drug-likeness (QED) is 0.716. The molecule has 1 heterocycles. The van der Waals surface area contributed by atoms with E-state index in [9.17, 15) is 4.79 Å². The summed E-state index contributed by atoms with van der Waals surface area (Å²) >= 11 is 1.77. The van der Waals surface area contributed by atoms with E-state index in [0.717, 1.165) is 30.0 Å². The number of hydrogen-bond donors (Lipinski definition) is 1. The largest absolute Gasteiger partial charge is 0.325 e. The van der Waals surface area contributed by atoms with Crippen molar-refractivity contribution in [2.45, 2.75) is 56.3 Å². The molecule has 0 amide bonds. The van der Waals surface area contributed by atoms with E-state index in [2.05, 4.69) is 41.6 Å². The molecule has 1 atom stereocenters. The summed E-state index contributed by atoms with van der Waals surface area (Å²) in [6.45, 7) is 2.03. The second kappa shape index (κ2) is 8.06.